The number of aromatic nitrogens is 4. The Morgan fingerprint density at radius 1 is 1.11 bits per heavy atom. The van der Waals surface area contributed by atoms with Crippen LogP contribution in [0.5, 0.6) is 0 Å². The Bertz CT molecular complexity index is 1540. The molecule has 1 N–H and O–H groups in total. The molecule has 0 aliphatic heterocycles. The minimum Gasteiger partial charge on any atom is -0.349 e. The second kappa shape index (κ2) is 9.93. The van der Waals surface area contributed by atoms with Gasteiger partial charge in [-0.3, -0.25) is 14.2 Å². The van der Waals surface area contributed by atoms with Crippen LogP contribution < -0.4 is 16.6 Å². The summed E-state index contributed by atoms with van der Waals surface area (Å²) >= 11 is 6.01. The standard InChI is InChI=1S/C27H30ClN5O3/c1-17(2)13-14-31-25(35)22-12-9-19(24(34)29-21-5-3-4-6-21)15-23(22)33-26(31)30-32(27(33)36)16-18-7-10-20(28)11-8-18/h7-12,15,17,21H,3-6,13-14,16H2,1-2H3,(H,29,34). The fraction of sp³-hybridized carbons (Fsp3) is 0.407. The molecule has 1 fully saturated rings. The van der Waals surface area contributed by atoms with Gasteiger partial charge in [-0.15, -0.1) is 5.10 Å². The fourth-order valence-electron chi connectivity index (χ4n) is 4.85. The monoisotopic (exact) mass is 507 g/mol. The Balaban J connectivity index is 1.65. The van der Waals surface area contributed by atoms with Crippen molar-refractivity contribution in [3.63, 3.8) is 0 Å². The Morgan fingerprint density at radius 3 is 2.53 bits per heavy atom. The summed E-state index contributed by atoms with van der Waals surface area (Å²) in [6, 6.07) is 12.3. The van der Waals surface area contributed by atoms with Crippen LogP contribution >= 0.6 is 11.6 Å². The fourth-order valence-corrected chi connectivity index (χ4v) is 4.98. The first-order chi connectivity index (χ1) is 17.3. The number of halogens is 1. The predicted octanol–water partition coefficient (Wildman–Crippen LogP) is 4.23. The summed E-state index contributed by atoms with van der Waals surface area (Å²) in [7, 11) is 0. The van der Waals surface area contributed by atoms with Gasteiger partial charge in [0.2, 0.25) is 5.78 Å². The first-order valence-corrected chi connectivity index (χ1v) is 12.9. The number of carbonyl (C=O) groups is 1. The molecule has 2 heterocycles. The third-order valence-electron chi connectivity index (χ3n) is 6.91. The molecule has 0 spiro atoms. The minimum absolute atomic E-state index is 0.169. The van der Waals surface area contributed by atoms with E-state index in [0.29, 0.717) is 34.0 Å². The molecular formula is C27H30ClN5O3. The summed E-state index contributed by atoms with van der Waals surface area (Å²) in [6.45, 7) is 4.85. The lowest BCUT2D eigenvalue weighted by molar-refractivity contribution is 0.0938. The van der Waals surface area contributed by atoms with E-state index in [9.17, 15) is 14.4 Å². The molecule has 188 valence electrons. The van der Waals surface area contributed by atoms with E-state index in [2.05, 4.69) is 24.3 Å². The third-order valence-corrected chi connectivity index (χ3v) is 7.16. The number of rotatable bonds is 7. The van der Waals surface area contributed by atoms with Gasteiger partial charge in [-0.1, -0.05) is 50.4 Å². The van der Waals surface area contributed by atoms with E-state index < -0.39 is 0 Å². The highest BCUT2D eigenvalue weighted by molar-refractivity contribution is 6.30. The van der Waals surface area contributed by atoms with E-state index in [1.54, 1.807) is 34.9 Å². The molecule has 5 rings (SSSR count). The third kappa shape index (κ3) is 4.69. The van der Waals surface area contributed by atoms with E-state index in [0.717, 1.165) is 37.7 Å². The lowest BCUT2D eigenvalue weighted by Crippen LogP contribution is -2.33. The molecule has 0 atom stereocenters. The van der Waals surface area contributed by atoms with Crippen molar-refractivity contribution in [2.45, 2.75) is 65.1 Å². The summed E-state index contributed by atoms with van der Waals surface area (Å²) in [5.41, 5.74) is 1.10. The van der Waals surface area contributed by atoms with Crippen molar-refractivity contribution >= 4 is 34.2 Å². The van der Waals surface area contributed by atoms with Gasteiger partial charge < -0.3 is 5.32 Å². The number of nitrogens with zero attached hydrogens (tertiary/aromatic N) is 4. The molecular weight excluding hydrogens is 478 g/mol. The van der Waals surface area contributed by atoms with E-state index in [1.807, 2.05) is 12.1 Å². The molecule has 1 aliphatic rings. The number of hydrogen-bond acceptors (Lipinski definition) is 4. The van der Waals surface area contributed by atoms with E-state index in [4.69, 9.17) is 11.6 Å². The van der Waals surface area contributed by atoms with E-state index in [-0.39, 0.29) is 35.5 Å². The van der Waals surface area contributed by atoms with Crippen LogP contribution in [0.25, 0.3) is 16.7 Å². The second-order valence-electron chi connectivity index (χ2n) is 10.0. The van der Waals surface area contributed by atoms with Gasteiger partial charge in [0.15, 0.2) is 0 Å². The molecule has 0 saturated heterocycles. The maximum atomic E-state index is 13.6. The zero-order valence-corrected chi connectivity index (χ0v) is 21.3. The van der Waals surface area contributed by atoms with Crippen molar-refractivity contribution < 1.29 is 4.79 Å². The highest BCUT2D eigenvalue weighted by atomic mass is 35.5. The number of benzene rings is 2. The van der Waals surface area contributed by atoms with Gasteiger partial charge in [0.1, 0.15) is 0 Å². The number of hydrogen-bond donors (Lipinski definition) is 1. The lowest BCUT2D eigenvalue weighted by Gasteiger charge is -2.14. The molecule has 4 aromatic rings. The van der Waals surface area contributed by atoms with Crippen LogP contribution in [0.15, 0.2) is 52.1 Å². The number of carbonyl (C=O) groups excluding carboxylic acids is 1. The number of aryl methyl sites for hydroxylation is 1. The van der Waals surface area contributed by atoms with Gasteiger partial charge in [-0.25, -0.2) is 13.9 Å². The van der Waals surface area contributed by atoms with E-state index in [1.165, 1.54) is 9.08 Å². The normalized spacial score (nSPS) is 14.3. The molecule has 1 amide bonds. The highest BCUT2D eigenvalue weighted by Crippen LogP contribution is 2.20. The van der Waals surface area contributed by atoms with Crippen molar-refractivity contribution in [2.24, 2.45) is 5.92 Å². The molecule has 9 heteroatoms. The molecule has 8 nitrogen and oxygen atoms in total. The van der Waals surface area contributed by atoms with Crippen LogP contribution in [0.4, 0.5) is 0 Å². The first-order valence-electron chi connectivity index (χ1n) is 12.5. The predicted molar refractivity (Wildman–Crippen MR) is 141 cm³/mol. The maximum absolute atomic E-state index is 13.6. The minimum atomic E-state index is -0.364. The SMILES string of the molecule is CC(C)CCn1c(=O)c2ccc(C(=O)NC3CCCC3)cc2n2c(=O)n(Cc3ccc(Cl)cc3)nc12. The van der Waals surface area contributed by atoms with Crippen molar-refractivity contribution in [1.29, 1.82) is 0 Å². The van der Waals surface area contributed by atoms with Crippen LogP contribution in [0.3, 0.4) is 0 Å². The van der Waals surface area contributed by atoms with Crippen molar-refractivity contribution in [2.75, 3.05) is 0 Å². The van der Waals surface area contributed by atoms with Gasteiger partial charge in [0.05, 0.1) is 17.4 Å². The summed E-state index contributed by atoms with van der Waals surface area (Å²) in [6.07, 6.45) is 4.94. The Morgan fingerprint density at radius 2 is 1.83 bits per heavy atom. The van der Waals surface area contributed by atoms with Crippen molar-refractivity contribution in [3.05, 3.63) is 79.5 Å². The number of fused-ring (bicyclic) bond motifs is 3. The van der Waals surface area contributed by atoms with Gasteiger partial charge in [0, 0.05) is 23.2 Å². The molecule has 2 aromatic carbocycles. The summed E-state index contributed by atoms with van der Waals surface area (Å²) in [4.78, 5) is 40.1. The maximum Gasteiger partial charge on any atom is 0.352 e. The van der Waals surface area contributed by atoms with Crippen LogP contribution in [-0.2, 0) is 13.1 Å². The van der Waals surface area contributed by atoms with Crippen molar-refractivity contribution in [3.8, 4) is 0 Å². The molecule has 0 unspecified atom stereocenters. The Kier molecular flexibility index (Phi) is 6.71. The van der Waals surface area contributed by atoms with Gasteiger partial charge in [0.25, 0.3) is 11.5 Å². The molecule has 2 aromatic heterocycles. The number of nitrogens with one attached hydrogen (secondary N) is 1. The summed E-state index contributed by atoms with van der Waals surface area (Å²) < 4.78 is 4.38. The van der Waals surface area contributed by atoms with Crippen LogP contribution in [0, 0.1) is 5.92 Å². The van der Waals surface area contributed by atoms with Crippen molar-refractivity contribution in [1.82, 2.24) is 24.1 Å². The van der Waals surface area contributed by atoms with Crippen LogP contribution in [0.1, 0.15) is 61.9 Å². The average Bonchev–Trinajstić information content (AvgIpc) is 3.48. The van der Waals surface area contributed by atoms with E-state index >= 15 is 0 Å². The quantitative estimate of drug-likeness (QED) is 0.405. The Hall–Kier alpha value is -3.39. The molecule has 1 saturated carbocycles. The molecule has 1 aliphatic carbocycles. The second-order valence-corrected chi connectivity index (χ2v) is 10.5. The van der Waals surface area contributed by atoms with Gasteiger partial charge >= 0.3 is 5.69 Å². The molecule has 36 heavy (non-hydrogen) atoms. The van der Waals surface area contributed by atoms with Gasteiger partial charge in [-0.2, -0.15) is 0 Å². The largest absolute Gasteiger partial charge is 0.352 e. The Labute approximate surface area is 213 Å². The zero-order chi connectivity index (χ0) is 25.4. The van der Waals surface area contributed by atoms with Crippen LogP contribution in [-0.4, -0.2) is 30.7 Å². The molecule has 0 bridgehead atoms. The summed E-state index contributed by atoms with van der Waals surface area (Å²) in [5.74, 6) is 0.459. The number of amides is 1. The highest BCUT2D eigenvalue weighted by Gasteiger charge is 2.21. The first kappa shape index (κ1) is 24.3. The average molecular weight is 508 g/mol. The molecule has 0 radical (unpaired) electrons. The smallest absolute Gasteiger partial charge is 0.349 e. The zero-order valence-electron chi connectivity index (χ0n) is 20.5. The van der Waals surface area contributed by atoms with Gasteiger partial charge in [-0.05, 0) is 61.1 Å². The topological polar surface area (TPSA) is 90.4 Å². The lowest BCUT2D eigenvalue weighted by atomic mass is 10.1. The summed E-state index contributed by atoms with van der Waals surface area (Å²) in [5, 5.41) is 8.65. The van der Waals surface area contributed by atoms with Crippen LogP contribution in [0.2, 0.25) is 5.02 Å².